The van der Waals surface area contributed by atoms with Gasteiger partial charge in [-0.1, -0.05) is 27.7 Å². The van der Waals surface area contributed by atoms with E-state index in [9.17, 15) is 19.2 Å². The minimum atomic E-state index is -0.440. The molecule has 0 aromatic rings. The van der Waals surface area contributed by atoms with Gasteiger partial charge < -0.3 is 19.7 Å². The first kappa shape index (κ1) is 39.2. The summed E-state index contributed by atoms with van der Waals surface area (Å²) < 4.78 is 17.2. The molecule has 0 aliphatic rings. The number of hydrogen-bond donors (Lipinski definition) is 2. The molecule has 0 bridgehead atoms. The van der Waals surface area contributed by atoms with Gasteiger partial charge in [0.1, 0.15) is 24.4 Å². The predicted octanol–water partition coefficient (Wildman–Crippen LogP) is 2.21. The Labute approximate surface area is 192 Å². The van der Waals surface area contributed by atoms with Crippen molar-refractivity contribution >= 4 is 23.5 Å². The molecule has 0 rings (SSSR count). The van der Waals surface area contributed by atoms with Gasteiger partial charge in [-0.25, -0.2) is 0 Å². The Hall–Kier alpha value is -1.29. The van der Waals surface area contributed by atoms with Gasteiger partial charge in [0, 0.05) is 13.2 Å². The monoisotopic (exact) mass is 472 g/mol. The van der Waals surface area contributed by atoms with Crippen LogP contribution in [-0.2, 0) is 52.4 Å². The van der Waals surface area contributed by atoms with E-state index in [4.69, 9.17) is 13.5 Å². The van der Waals surface area contributed by atoms with E-state index in [2.05, 4.69) is 9.47 Å². The Morgan fingerprint density at radius 3 is 1.00 bits per heavy atom. The Balaban J connectivity index is -0.0000000931. The second-order valence-corrected chi connectivity index (χ2v) is 6.52. The number of carbonyl (C=O) groups excluding carboxylic acids is 4. The van der Waals surface area contributed by atoms with Gasteiger partial charge in [0.25, 0.3) is 0 Å². The molecule has 2 N–H and O–H groups in total. The van der Waals surface area contributed by atoms with Crippen LogP contribution in [0.15, 0.2) is 0 Å². The fourth-order valence-corrected chi connectivity index (χ4v) is 0.831. The molecule has 0 aliphatic heterocycles. The first-order valence-corrected chi connectivity index (χ1v) is 10.2. The van der Waals surface area contributed by atoms with Crippen molar-refractivity contribution in [2.75, 3.05) is 26.4 Å². The Morgan fingerprint density at radius 2 is 0.900 bits per heavy atom. The third-order valence-corrected chi connectivity index (χ3v) is 2.13. The summed E-state index contributed by atoms with van der Waals surface area (Å²) in [6.07, 6.45) is -0.207. The summed E-state index contributed by atoms with van der Waals surface area (Å²) in [5, 5.41) is 16.3. The van der Waals surface area contributed by atoms with E-state index in [1.807, 2.05) is 27.7 Å². The van der Waals surface area contributed by atoms with Gasteiger partial charge >= 0.3 is 35.7 Å². The molecule has 0 fully saturated rings. The molecule has 0 spiro atoms. The predicted molar refractivity (Wildman–Crippen MR) is 108 cm³/mol. The number of aliphatic hydroxyl groups is 2. The van der Waals surface area contributed by atoms with Crippen LogP contribution in [0.1, 0.15) is 68.2 Å². The molecule has 30 heavy (non-hydrogen) atoms. The maximum atomic E-state index is 10.4. The van der Waals surface area contributed by atoms with E-state index in [1.54, 1.807) is 13.8 Å². The van der Waals surface area contributed by atoms with Crippen molar-refractivity contribution in [1.29, 1.82) is 0 Å². The first-order chi connectivity index (χ1) is 13.9. The molecule has 0 radical (unpaired) electrons. The molecule has 0 aromatic heterocycles. The average Bonchev–Trinajstić information content (AvgIpc) is 2.64. The van der Waals surface area contributed by atoms with Gasteiger partial charge in [0.2, 0.25) is 0 Å². The first-order valence-electron chi connectivity index (χ1n) is 9.59. The summed E-state index contributed by atoms with van der Waals surface area (Å²) in [6, 6.07) is 0. The van der Waals surface area contributed by atoms with Crippen LogP contribution in [-0.4, -0.2) is 60.1 Å². The molecule has 0 unspecified atom stereocenters. The number of hydrogen-bond acceptors (Lipinski definition) is 9. The fourth-order valence-electron chi connectivity index (χ4n) is 0.831. The van der Waals surface area contributed by atoms with Gasteiger partial charge in [-0.05, 0) is 39.5 Å². The third-order valence-electron chi connectivity index (χ3n) is 2.13. The van der Waals surface area contributed by atoms with Crippen LogP contribution in [0, 0.1) is 11.8 Å². The second kappa shape index (κ2) is 32.4. The molecule has 0 saturated carbocycles. The van der Waals surface area contributed by atoms with Gasteiger partial charge in [-0.15, -0.1) is 0 Å². The summed E-state index contributed by atoms with van der Waals surface area (Å²) in [6.45, 7) is 15.3. The van der Waals surface area contributed by atoms with Crippen LogP contribution in [0.5, 0.6) is 0 Å². The fraction of sp³-hybridized carbons (Fsp3) is 0.800. The molecule has 0 amide bonds. The van der Waals surface area contributed by atoms with Crippen molar-refractivity contribution < 1.29 is 62.6 Å². The summed E-state index contributed by atoms with van der Waals surface area (Å²) in [7, 11) is 0. The molecule has 0 aliphatic carbocycles. The van der Waals surface area contributed by atoms with E-state index in [-0.39, 0.29) is 24.4 Å². The van der Waals surface area contributed by atoms with Crippen molar-refractivity contribution in [3.05, 3.63) is 0 Å². The van der Waals surface area contributed by atoms with Crippen LogP contribution in [0.4, 0.5) is 0 Å². The normalized spacial score (nSPS) is 8.50. The molecular formula is C20H40O9Ti. The molecular weight excluding hydrogens is 432 g/mol. The number of aliphatic hydroxyl groups excluding tert-OH is 2. The van der Waals surface area contributed by atoms with Gasteiger partial charge in [0.05, 0.1) is 13.2 Å². The summed E-state index contributed by atoms with van der Waals surface area (Å²) in [4.78, 5) is 41.3. The Bertz CT molecular complexity index is 387. The van der Waals surface area contributed by atoms with Crippen LogP contribution >= 0.6 is 0 Å². The van der Waals surface area contributed by atoms with Gasteiger partial charge in [-0.2, -0.15) is 0 Å². The molecule has 0 heterocycles. The number of Topliss-reactive ketones (excluding diaryl/α,β-unsaturated/α-hetero) is 2. The van der Waals surface area contributed by atoms with E-state index in [0.29, 0.717) is 38.3 Å². The van der Waals surface area contributed by atoms with Crippen molar-refractivity contribution in [1.82, 2.24) is 0 Å². The van der Waals surface area contributed by atoms with E-state index >= 15 is 0 Å². The molecule has 9 nitrogen and oxygen atoms in total. The molecule has 0 aromatic carbocycles. The standard InChI is InChI=1S/2C6H10O3.2C4H10O.O.Ti/c2*1-3-9-6(8)4-5(2)7;2*1-4(2)3-5;;/h2*3-4H2,1-2H3;2*4-5H,3H2,1-2H3;;. The quantitative estimate of drug-likeness (QED) is 0.309. The number of carbonyl (C=O) groups is 4. The summed E-state index contributed by atoms with van der Waals surface area (Å²) in [5.41, 5.74) is 0. The second-order valence-electron chi connectivity index (χ2n) is 6.52. The number of ketones is 2. The minimum absolute atomic E-state index is 0.103. The number of rotatable bonds is 8. The third kappa shape index (κ3) is 63.2. The zero-order valence-electron chi connectivity index (χ0n) is 19.6. The maximum absolute atomic E-state index is 10.4. The summed E-state index contributed by atoms with van der Waals surface area (Å²) >= 11 is 0.750. The Morgan fingerprint density at radius 1 is 0.700 bits per heavy atom. The number of ether oxygens (including phenoxy) is 2. The Kier molecular flexibility index (Phi) is 42.3. The van der Waals surface area contributed by atoms with E-state index in [1.165, 1.54) is 13.8 Å². The van der Waals surface area contributed by atoms with Gasteiger partial charge in [0.15, 0.2) is 0 Å². The topological polar surface area (TPSA) is 144 Å². The van der Waals surface area contributed by atoms with E-state index in [0.717, 1.165) is 20.4 Å². The van der Waals surface area contributed by atoms with Crippen molar-refractivity contribution in [3.8, 4) is 0 Å². The van der Waals surface area contributed by atoms with Crippen LogP contribution in [0.25, 0.3) is 0 Å². The van der Waals surface area contributed by atoms with Crippen molar-refractivity contribution in [2.45, 2.75) is 68.2 Å². The van der Waals surface area contributed by atoms with Crippen LogP contribution < -0.4 is 0 Å². The average molecular weight is 472 g/mol. The molecule has 0 atom stereocenters. The van der Waals surface area contributed by atoms with Crippen LogP contribution in [0.2, 0.25) is 0 Å². The molecule has 178 valence electrons. The van der Waals surface area contributed by atoms with Crippen LogP contribution in [0.3, 0.4) is 0 Å². The van der Waals surface area contributed by atoms with Gasteiger partial charge in [-0.3, -0.25) is 19.2 Å². The summed E-state index contributed by atoms with van der Waals surface area (Å²) in [5.74, 6) is -0.318. The zero-order chi connectivity index (χ0) is 25.1. The molecule has 0 saturated heterocycles. The van der Waals surface area contributed by atoms with Crippen molar-refractivity contribution in [2.24, 2.45) is 11.8 Å². The number of esters is 2. The van der Waals surface area contributed by atoms with E-state index < -0.39 is 11.9 Å². The zero-order valence-corrected chi connectivity index (χ0v) is 21.2. The SMILES string of the molecule is CC(C)CO.CC(C)CO.CCOC(=O)CC(C)=O.CCOC(=O)CC(C)=O.[O]=[Ti]. The van der Waals surface area contributed by atoms with Crippen molar-refractivity contribution in [3.63, 3.8) is 0 Å². The molecule has 10 heteroatoms.